The highest BCUT2D eigenvalue weighted by molar-refractivity contribution is 5.89. The van der Waals surface area contributed by atoms with Gasteiger partial charge in [-0.1, -0.05) is 60.7 Å². The Kier molecular flexibility index (Phi) is 5.18. The van der Waals surface area contributed by atoms with Gasteiger partial charge in [0.25, 0.3) is 0 Å². The minimum Gasteiger partial charge on any atom is -0.392 e. The molecule has 0 aromatic heterocycles. The zero-order valence-electron chi connectivity index (χ0n) is 15.9. The third-order valence-electron chi connectivity index (χ3n) is 6.15. The van der Waals surface area contributed by atoms with Crippen LogP contribution in [0.1, 0.15) is 36.3 Å². The first-order valence-electron chi connectivity index (χ1n) is 9.97. The number of hydrogen-bond donors (Lipinski definition) is 2. The molecule has 5 nitrogen and oxygen atoms in total. The zero-order chi connectivity index (χ0) is 19.6. The van der Waals surface area contributed by atoms with Crippen LogP contribution in [0.4, 0.5) is 0 Å². The predicted octanol–water partition coefficient (Wildman–Crippen LogP) is 2.31. The monoisotopic (exact) mass is 378 g/mol. The molecule has 2 fully saturated rings. The van der Waals surface area contributed by atoms with Crippen molar-refractivity contribution in [1.29, 1.82) is 0 Å². The van der Waals surface area contributed by atoms with Gasteiger partial charge in [-0.15, -0.1) is 0 Å². The van der Waals surface area contributed by atoms with Gasteiger partial charge in [0.15, 0.2) is 0 Å². The first-order valence-corrected chi connectivity index (χ1v) is 9.97. The lowest BCUT2D eigenvalue weighted by atomic mass is 9.71. The number of benzene rings is 2. The first-order chi connectivity index (χ1) is 13.6. The normalized spacial score (nSPS) is 25.0. The number of piperidine rings is 2. The van der Waals surface area contributed by atoms with Gasteiger partial charge in [0.05, 0.1) is 17.4 Å². The first kappa shape index (κ1) is 18.7. The van der Waals surface area contributed by atoms with Crippen LogP contribution >= 0.6 is 0 Å². The van der Waals surface area contributed by atoms with Crippen LogP contribution in [0.15, 0.2) is 60.7 Å². The third-order valence-corrected chi connectivity index (χ3v) is 6.15. The van der Waals surface area contributed by atoms with Crippen LogP contribution in [0.5, 0.6) is 0 Å². The third kappa shape index (κ3) is 3.31. The van der Waals surface area contributed by atoms with E-state index in [1.165, 1.54) is 0 Å². The van der Waals surface area contributed by atoms with Crippen molar-refractivity contribution < 1.29 is 14.7 Å². The number of amides is 2. The van der Waals surface area contributed by atoms with Gasteiger partial charge in [-0.05, 0) is 30.4 Å². The van der Waals surface area contributed by atoms with Gasteiger partial charge >= 0.3 is 0 Å². The molecule has 2 amide bonds. The van der Waals surface area contributed by atoms with E-state index in [9.17, 15) is 14.7 Å². The number of aliphatic hydroxyl groups is 1. The molecule has 2 aliphatic rings. The molecule has 1 spiro atoms. The van der Waals surface area contributed by atoms with Crippen LogP contribution in [0.2, 0.25) is 0 Å². The van der Waals surface area contributed by atoms with Crippen molar-refractivity contribution >= 4 is 11.8 Å². The lowest BCUT2D eigenvalue weighted by Gasteiger charge is -2.47. The van der Waals surface area contributed by atoms with Gasteiger partial charge in [0.2, 0.25) is 11.8 Å². The molecular formula is C23H26N2O3. The van der Waals surface area contributed by atoms with Crippen LogP contribution in [-0.2, 0) is 9.59 Å². The summed E-state index contributed by atoms with van der Waals surface area (Å²) in [6.45, 7) is 1.37. The summed E-state index contributed by atoms with van der Waals surface area (Å²) in [6, 6.07) is 19.5. The van der Waals surface area contributed by atoms with E-state index in [4.69, 9.17) is 0 Å². The zero-order valence-corrected chi connectivity index (χ0v) is 15.9. The summed E-state index contributed by atoms with van der Waals surface area (Å²) in [5, 5.41) is 13.5. The lowest BCUT2D eigenvalue weighted by Crippen LogP contribution is -2.62. The van der Waals surface area contributed by atoms with E-state index in [1.54, 1.807) is 4.90 Å². The molecule has 2 aromatic rings. The van der Waals surface area contributed by atoms with Crippen molar-refractivity contribution in [2.75, 3.05) is 19.6 Å². The molecule has 0 bridgehead atoms. The Morgan fingerprint density at radius 3 is 2.25 bits per heavy atom. The fraction of sp³-hybridized carbons (Fsp3) is 0.391. The number of rotatable bonds is 3. The van der Waals surface area contributed by atoms with E-state index in [0.29, 0.717) is 25.9 Å². The maximum absolute atomic E-state index is 13.7. The molecule has 146 valence electrons. The molecule has 2 saturated heterocycles. The molecule has 0 radical (unpaired) electrons. The van der Waals surface area contributed by atoms with E-state index >= 15 is 0 Å². The van der Waals surface area contributed by atoms with Gasteiger partial charge in [0, 0.05) is 19.6 Å². The van der Waals surface area contributed by atoms with Crippen molar-refractivity contribution in [3.05, 3.63) is 71.8 Å². The van der Waals surface area contributed by atoms with Crippen LogP contribution in [-0.4, -0.2) is 47.6 Å². The number of carbonyl (C=O) groups excluding carboxylic acids is 2. The van der Waals surface area contributed by atoms with Crippen LogP contribution in [0.25, 0.3) is 0 Å². The van der Waals surface area contributed by atoms with Crippen LogP contribution < -0.4 is 5.32 Å². The van der Waals surface area contributed by atoms with Crippen molar-refractivity contribution in [3.8, 4) is 0 Å². The summed E-state index contributed by atoms with van der Waals surface area (Å²) in [5.41, 5.74) is 0.989. The quantitative estimate of drug-likeness (QED) is 0.861. The highest BCUT2D eigenvalue weighted by Gasteiger charge is 2.51. The van der Waals surface area contributed by atoms with E-state index in [1.807, 2.05) is 60.7 Å². The summed E-state index contributed by atoms with van der Waals surface area (Å²) in [5.74, 6) is -0.553. The average molecular weight is 378 g/mol. The molecule has 2 aliphatic heterocycles. The highest BCUT2D eigenvalue weighted by atomic mass is 16.3. The number of likely N-dealkylation sites (tertiary alicyclic amines) is 1. The van der Waals surface area contributed by atoms with Gasteiger partial charge in [-0.2, -0.15) is 0 Å². The van der Waals surface area contributed by atoms with E-state index in [2.05, 4.69) is 5.32 Å². The summed E-state index contributed by atoms with van der Waals surface area (Å²) in [4.78, 5) is 28.1. The van der Waals surface area contributed by atoms with Crippen LogP contribution in [0, 0.1) is 5.41 Å². The van der Waals surface area contributed by atoms with Crippen molar-refractivity contribution in [2.45, 2.75) is 31.3 Å². The van der Waals surface area contributed by atoms with Crippen molar-refractivity contribution in [1.82, 2.24) is 10.2 Å². The predicted molar refractivity (Wildman–Crippen MR) is 107 cm³/mol. The Labute approximate surface area is 165 Å². The van der Waals surface area contributed by atoms with Gasteiger partial charge in [0.1, 0.15) is 0 Å². The number of nitrogens with zero attached hydrogens (tertiary/aromatic N) is 1. The molecule has 2 aromatic carbocycles. The summed E-state index contributed by atoms with van der Waals surface area (Å²) in [6.07, 6.45) is 1.16. The topological polar surface area (TPSA) is 69.6 Å². The number of nitrogens with one attached hydrogen (secondary N) is 1. The highest BCUT2D eigenvalue weighted by Crippen LogP contribution is 2.39. The molecule has 0 aliphatic carbocycles. The van der Waals surface area contributed by atoms with Crippen LogP contribution in [0.3, 0.4) is 0 Å². The van der Waals surface area contributed by atoms with Gasteiger partial charge in [-0.3, -0.25) is 9.59 Å². The van der Waals surface area contributed by atoms with Gasteiger partial charge < -0.3 is 15.3 Å². The maximum Gasteiger partial charge on any atom is 0.234 e. The fourth-order valence-electron chi connectivity index (χ4n) is 4.58. The second-order valence-corrected chi connectivity index (χ2v) is 7.83. The standard InChI is InChI=1S/C23H26N2O3/c26-19-12-15-25(16-23(19)13-7-14-24-22(23)28)21(27)20(17-8-3-1-4-9-17)18-10-5-2-6-11-18/h1-6,8-11,19-20,26H,7,12-16H2,(H,24,28)/t19-,23+/m0/s1. The molecule has 2 N–H and O–H groups in total. The van der Waals surface area contributed by atoms with Gasteiger partial charge in [-0.25, -0.2) is 0 Å². The van der Waals surface area contributed by atoms with E-state index < -0.39 is 17.4 Å². The summed E-state index contributed by atoms with van der Waals surface area (Å²) in [7, 11) is 0. The molecule has 0 unspecified atom stereocenters. The number of aliphatic hydroxyl groups excluding tert-OH is 1. The van der Waals surface area contributed by atoms with E-state index in [-0.39, 0.29) is 18.4 Å². The summed E-state index contributed by atoms with van der Waals surface area (Å²) < 4.78 is 0. The molecule has 4 rings (SSSR count). The number of hydrogen-bond acceptors (Lipinski definition) is 3. The summed E-state index contributed by atoms with van der Waals surface area (Å²) >= 11 is 0. The number of carbonyl (C=O) groups is 2. The Hall–Kier alpha value is -2.66. The van der Waals surface area contributed by atoms with Crippen molar-refractivity contribution in [3.63, 3.8) is 0 Å². The molecule has 5 heteroatoms. The Morgan fingerprint density at radius 1 is 1.07 bits per heavy atom. The molecular weight excluding hydrogens is 352 g/mol. The Morgan fingerprint density at radius 2 is 1.68 bits per heavy atom. The second-order valence-electron chi connectivity index (χ2n) is 7.83. The SMILES string of the molecule is O=C(C(c1ccccc1)c1ccccc1)N1CC[C@H](O)[C@@]2(CCCNC2=O)C1. The minimum atomic E-state index is -0.885. The lowest BCUT2D eigenvalue weighted by molar-refractivity contribution is -0.155. The minimum absolute atomic E-state index is 0.0120. The smallest absolute Gasteiger partial charge is 0.234 e. The Balaban J connectivity index is 1.66. The Bertz CT molecular complexity index is 800. The van der Waals surface area contributed by atoms with E-state index in [0.717, 1.165) is 17.5 Å². The maximum atomic E-state index is 13.7. The second kappa shape index (κ2) is 7.76. The van der Waals surface area contributed by atoms with Crippen molar-refractivity contribution in [2.24, 2.45) is 5.41 Å². The molecule has 2 heterocycles. The molecule has 2 atom stereocenters. The molecule has 0 saturated carbocycles. The molecule has 28 heavy (non-hydrogen) atoms. The fourth-order valence-corrected chi connectivity index (χ4v) is 4.58. The average Bonchev–Trinajstić information content (AvgIpc) is 2.74. The largest absolute Gasteiger partial charge is 0.392 e.